The fourth-order valence-electron chi connectivity index (χ4n) is 1.58. The topological polar surface area (TPSA) is 88.3 Å². The number of aromatic nitrogens is 3. The van der Waals surface area contributed by atoms with Crippen molar-refractivity contribution in [1.29, 1.82) is 0 Å². The SMILES string of the molecule is CN(CC1CC1)C(=O)c1cn(CC(=O)O)nn1. The standard InChI is InChI=1S/C10H14N4O3/c1-13(4-7-2-3-7)10(17)8-5-14(12-11-8)6-9(15)16/h5,7H,2-4,6H2,1H3,(H,15,16). The molecule has 7 nitrogen and oxygen atoms in total. The van der Waals surface area contributed by atoms with Crippen molar-refractivity contribution in [2.45, 2.75) is 19.4 Å². The number of hydrogen-bond donors (Lipinski definition) is 1. The van der Waals surface area contributed by atoms with Gasteiger partial charge in [-0.3, -0.25) is 9.59 Å². The summed E-state index contributed by atoms with van der Waals surface area (Å²) in [4.78, 5) is 23.9. The van der Waals surface area contributed by atoms with E-state index in [1.54, 1.807) is 11.9 Å². The molecule has 0 saturated heterocycles. The highest BCUT2D eigenvalue weighted by Crippen LogP contribution is 2.29. The molecule has 0 bridgehead atoms. The van der Waals surface area contributed by atoms with Crippen molar-refractivity contribution in [2.24, 2.45) is 5.92 Å². The molecule has 7 heteroatoms. The van der Waals surface area contributed by atoms with Crippen LogP contribution in [-0.2, 0) is 11.3 Å². The van der Waals surface area contributed by atoms with Crippen LogP contribution in [0.15, 0.2) is 6.20 Å². The molecule has 0 aliphatic heterocycles. The molecular weight excluding hydrogens is 224 g/mol. The van der Waals surface area contributed by atoms with E-state index in [1.807, 2.05) is 0 Å². The number of carbonyl (C=O) groups is 2. The second-order valence-electron chi connectivity index (χ2n) is 4.32. The van der Waals surface area contributed by atoms with Crippen LogP contribution in [0.4, 0.5) is 0 Å². The van der Waals surface area contributed by atoms with Gasteiger partial charge in [0.25, 0.3) is 5.91 Å². The van der Waals surface area contributed by atoms with Crippen molar-refractivity contribution in [2.75, 3.05) is 13.6 Å². The van der Waals surface area contributed by atoms with Gasteiger partial charge in [-0.1, -0.05) is 5.21 Å². The molecule has 1 amide bonds. The zero-order valence-corrected chi connectivity index (χ0v) is 9.54. The smallest absolute Gasteiger partial charge is 0.325 e. The van der Waals surface area contributed by atoms with Crippen LogP contribution < -0.4 is 0 Å². The van der Waals surface area contributed by atoms with Gasteiger partial charge < -0.3 is 10.0 Å². The largest absolute Gasteiger partial charge is 0.480 e. The molecule has 92 valence electrons. The van der Waals surface area contributed by atoms with Crippen molar-refractivity contribution < 1.29 is 14.7 Å². The van der Waals surface area contributed by atoms with E-state index >= 15 is 0 Å². The highest BCUT2D eigenvalue weighted by atomic mass is 16.4. The number of aliphatic carboxylic acids is 1. The third-order valence-electron chi connectivity index (χ3n) is 2.63. The Morgan fingerprint density at radius 2 is 2.29 bits per heavy atom. The van der Waals surface area contributed by atoms with E-state index in [1.165, 1.54) is 19.0 Å². The lowest BCUT2D eigenvalue weighted by molar-refractivity contribution is -0.137. The van der Waals surface area contributed by atoms with E-state index in [-0.39, 0.29) is 18.1 Å². The first kappa shape index (κ1) is 11.6. The Bertz CT molecular complexity index is 439. The van der Waals surface area contributed by atoms with E-state index in [9.17, 15) is 9.59 Å². The van der Waals surface area contributed by atoms with Crippen LogP contribution in [0.25, 0.3) is 0 Å². The van der Waals surface area contributed by atoms with E-state index in [4.69, 9.17) is 5.11 Å². The minimum absolute atomic E-state index is 0.189. The first-order chi connectivity index (χ1) is 8.06. The van der Waals surface area contributed by atoms with Crippen molar-refractivity contribution >= 4 is 11.9 Å². The third kappa shape index (κ3) is 3.02. The normalized spacial score (nSPS) is 14.6. The van der Waals surface area contributed by atoms with Crippen molar-refractivity contribution in [3.8, 4) is 0 Å². The van der Waals surface area contributed by atoms with Crippen LogP contribution in [0.2, 0.25) is 0 Å². The van der Waals surface area contributed by atoms with Crippen molar-refractivity contribution in [1.82, 2.24) is 19.9 Å². The van der Waals surface area contributed by atoms with Crippen LogP contribution in [0.3, 0.4) is 0 Å². The molecular formula is C10H14N4O3. The van der Waals surface area contributed by atoms with Crippen molar-refractivity contribution in [3.63, 3.8) is 0 Å². The Morgan fingerprint density at radius 3 is 2.88 bits per heavy atom. The summed E-state index contributed by atoms with van der Waals surface area (Å²) < 4.78 is 1.14. The van der Waals surface area contributed by atoms with Gasteiger partial charge in [-0.05, 0) is 18.8 Å². The Hall–Kier alpha value is -1.92. The summed E-state index contributed by atoms with van der Waals surface area (Å²) in [5.74, 6) is -0.619. The van der Waals surface area contributed by atoms with Gasteiger partial charge in [0.1, 0.15) is 6.54 Å². The molecule has 2 rings (SSSR count). The van der Waals surface area contributed by atoms with Crippen molar-refractivity contribution in [3.05, 3.63) is 11.9 Å². The number of carboxylic acids is 1. The van der Waals surface area contributed by atoms with Gasteiger partial charge in [0.2, 0.25) is 0 Å². The molecule has 1 saturated carbocycles. The summed E-state index contributed by atoms with van der Waals surface area (Å²) in [6.45, 7) is 0.442. The lowest BCUT2D eigenvalue weighted by Crippen LogP contribution is -2.29. The quantitative estimate of drug-likeness (QED) is 0.770. The average molecular weight is 238 g/mol. The third-order valence-corrected chi connectivity index (χ3v) is 2.63. The summed E-state index contributed by atoms with van der Waals surface area (Å²) in [5, 5.41) is 15.8. The lowest BCUT2D eigenvalue weighted by atomic mass is 10.3. The summed E-state index contributed by atoms with van der Waals surface area (Å²) in [6, 6.07) is 0. The van der Waals surface area contributed by atoms with Gasteiger partial charge in [0.15, 0.2) is 5.69 Å². The molecule has 0 unspecified atom stereocenters. The summed E-state index contributed by atoms with van der Waals surface area (Å²) in [7, 11) is 1.72. The maximum atomic E-state index is 11.9. The zero-order chi connectivity index (χ0) is 12.4. The number of nitrogens with zero attached hydrogens (tertiary/aromatic N) is 4. The molecule has 0 atom stereocenters. The molecule has 0 radical (unpaired) electrons. The Morgan fingerprint density at radius 1 is 1.59 bits per heavy atom. The van der Waals surface area contributed by atoms with Crippen LogP contribution in [0.5, 0.6) is 0 Å². The zero-order valence-electron chi connectivity index (χ0n) is 9.54. The number of amides is 1. The van der Waals surface area contributed by atoms with Crippen LogP contribution in [0, 0.1) is 5.92 Å². The molecule has 0 aromatic carbocycles. The van der Waals surface area contributed by atoms with Crippen LogP contribution in [-0.4, -0.2) is 50.5 Å². The minimum atomic E-state index is -1.01. The van der Waals surface area contributed by atoms with Gasteiger partial charge >= 0.3 is 5.97 Å². The maximum Gasteiger partial charge on any atom is 0.325 e. The molecule has 1 aliphatic carbocycles. The highest BCUT2D eigenvalue weighted by molar-refractivity contribution is 5.91. The predicted octanol–water partition coefficient (Wildman–Crippen LogP) is -0.155. The molecule has 1 fully saturated rings. The summed E-state index contributed by atoms with van der Waals surface area (Å²) in [5.41, 5.74) is 0.189. The predicted molar refractivity (Wildman–Crippen MR) is 57.3 cm³/mol. The number of carboxylic acid groups (broad SMARTS) is 1. The summed E-state index contributed by atoms with van der Waals surface area (Å²) >= 11 is 0. The fourth-order valence-corrected chi connectivity index (χ4v) is 1.58. The molecule has 1 aromatic rings. The molecule has 1 N–H and O–H groups in total. The Labute approximate surface area is 98.0 Å². The second kappa shape index (κ2) is 4.52. The number of hydrogen-bond acceptors (Lipinski definition) is 4. The molecule has 0 spiro atoms. The highest BCUT2D eigenvalue weighted by Gasteiger charge is 2.26. The van der Waals surface area contributed by atoms with Gasteiger partial charge in [-0.15, -0.1) is 5.10 Å². The maximum absolute atomic E-state index is 11.9. The molecule has 1 aliphatic rings. The minimum Gasteiger partial charge on any atom is -0.480 e. The monoisotopic (exact) mass is 238 g/mol. The molecule has 17 heavy (non-hydrogen) atoms. The average Bonchev–Trinajstić information content (AvgIpc) is 2.94. The lowest BCUT2D eigenvalue weighted by Gasteiger charge is -2.14. The Balaban J connectivity index is 1.97. The molecule has 1 aromatic heterocycles. The number of rotatable bonds is 5. The van der Waals surface area contributed by atoms with Gasteiger partial charge in [-0.25, -0.2) is 4.68 Å². The van der Waals surface area contributed by atoms with E-state index in [0.717, 1.165) is 11.2 Å². The second-order valence-corrected chi connectivity index (χ2v) is 4.32. The number of carbonyl (C=O) groups excluding carboxylic acids is 1. The van der Waals surface area contributed by atoms with E-state index < -0.39 is 5.97 Å². The summed E-state index contributed by atoms with van der Waals surface area (Å²) in [6.07, 6.45) is 3.70. The molecule has 1 heterocycles. The van der Waals surface area contributed by atoms with Gasteiger partial charge in [-0.2, -0.15) is 0 Å². The first-order valence-electron chi connectivity index (χ1n) is 5.43. The first-order valence-corrected chi connectivity index (χ1v) is 5.43. The van der Waals surface area contributed by atoms with E-state index in [2.05, 4.69) is 10.3 Å². The van der Waals surface area contributed by atoms with Crippen LogP contribution in [0.1, 0.15) is 23.3 Å². The van der Waals surface area contributed by atoms with Gasteiger partial charge in [0, 0.05) is 13.6 Å². The Kier molecular flexibility index (Phi) is 3.08. The fraction of sp³-hybridized carbons (Fsp3) is 0.600. The van der Waals surface area contributed by atoms with Gasteiger partial charge in [0.05, 0.1) is 6.20 Å². The van der Waals surface area contributed by atoms with Crippen LogP contribution >= 0.6 is 0 Å². The van der Waals surface area contributed by atoms with E-state index in [0.29, 0.717) is 5.92 Å².